The molecule has 0 aliphatic carbocycles. The van der Waals surface area contributed by atoms with Gasteiger partial charge in [0.15, 0.2) is 5.11 Å². The summed E-state index contributed by atoms with van der Waals surface area (Å²) in [5, 5.41) is 6.37. The van der Waals surface area contributed by atoms with E-state index in [1.54, 1.807) is 17.8 Å². The highest BCUT2D eigenvalue weighted by atomic mass is 32.2. The van der Waals surface area contributed by atoms with Crippen molar-refractivity contribution in [2.75, 3.05) is 23.9 Å². The van der Waals surface area contributed by atoms with Gasteiger partial charge < -0.3 is 10.6 Å². The fraction of sp³-hybridized carbons (Fsp3) is 0.417. The minimum absolute atomic E-state index is 0.279. The van der Waals surface area contributed by atoms with Crippen molar-refractivity contribution in [3.63, 3.8) is 0 Å². The van der Waals surface area contributed by atoms with Crippen molar-refractivity contribution < 1.29 is 4.39 Å². The van der Waals surface area contributed by atoms with Crippen LogP contribution >= 0.6 is 24.0 Å². The van der Waals surface area contributed by atoms with Crippen molar-refractivity contribution in [3.8, 4) is 0 Å². The number of aryl methyl sites for hydroxylation is 1. The molecule has 0 unspecified atom stereocenters. The molecular formula is C12H17FN2S2. The normalized spacial score (nSPS) is 10.1. The molecule has 1 aromatic carbocycles. The number of benzene rings is 1. The Kier molecular flexibility index (Phi) is 6.29. The summed E-state index contributed by atoms with van der Waals surface area (Å²) in [6.07, 6.45) is 3.11. The molecule has 5 heteroatoms. The number of rotatable bonds is 5. The second-order valence-corrected chi connectivity index (χ2v) is 5.10. The molecule has 0 saturated carbocycles. The number of halogens is 1. The first-order valence-corrected chi connectivity index (χ1v) is 7.23. The zero-order valence-corrected chi connectivity index (χ0v) is 11.7. The number of thiocarbonyl (C=S) groups is 1. The Labute approximate surface area is 111 Å². The van der Waals surface area contributed by atoms with Gasteiger partial charge >= 0.3 is 0 Å². The zero-order chi connectivity index (χ0) is 12.7. The van der Waals surface area contributed by atoms with E-state index in [1.807, 2.05) is 13.0 Å². The predicted molar refractivity (Wildman–Crippen MR) is 78.4 cm³/mol. The highest BCUT2D eigenvalue weighted by Gasteiger charge is 2.03. The molecule has 0 aliphatic heterocycles. The van der Waals surface area contributed by atoms with Crippen LogP contribution in [0, 0.1) is 12.7 Å². The third-order valence-corrected chi connectivity index (χ3v) is 3.13. The molecule has 94 valence electrons. The zero-order valence-electron chi connectivity index (χ0n) is 10.0. The molecule has 0 aliphatic rings. The van der Waals surface area contributed by atoms with Crippen LogP contribution < -0.4 is 10.6 Å². The van der Waals surface area contributed by atoms with Crippen LogP contribution in [0.5, 0.6) is 0 Å². The van der Waals surface area contributed by atoms with Crippen LogP contribution in [-0.2, 0) is 0 Å². The summed E-state index contributed by atoms with van der Waals surface area (Å²) in [5.74, 6) is 0.812. The lowest BCUT2D eigenvalue weighted by molar-refractivity contribution is 0.631. The van der Waals surface area contributed by atoms with E-state index in [9.17, 15) is 4.39 Å². The minimum atomic E-state index is -0.279. The van der Waals surface area contributed by atoms with Crippen molar-refractivity contribution in [3.05, 3.63) is 29.6 Å². The standard InChI is InChI=1S/C12H17FN2S2/c1-9-4-5-11(10(13)8-9)15-12(16)14-6-3-7-17-2/h4-5,8H,3,6-7H2,1-2H3,(H2,14,15,16). The van der Waals surface area contributed by atoms with E-state index in [0.717, 1.165) is 24.3 Å². The Morgan fingerprint density at radius 2 is 2.24 bits per heavy atom. The summed E-state index contributed by atoms with van der Waals surface area (Å²) < 4.78 is 13.5. The molecule has 0 fully saturated rings. The van der Waals surface area contributed by atoms with E-state index in [0.29, 0.717) is 10.8 Å². The SMILES string of the molecule is CSCCCNC(=S)Nc1ccc(C)cc1F. The van der Waals surface area contributed by atoms with Gasteiger partial charge in [0.2, 0.25) is 0 Å². The topological polar surface area (TPSA) is 24.1 Å². The van der Waals surface area contributed by atoms with E-state index >= 15 is 0 Å². The van der Waals surface area contributed by atoms with Crippen LogP contribution in [0.15, 0.2) is 18.2 Å². The molecule has 0 aromatic heterocycles. The maximum absolute atomic E-state index is 13.5. The molecule has 0 saturated heterocycles. The molecular weight excluding hydrogens is 255 g/mol. The largest absolute Gasteiger partial charge is 0.362 e. The molecule has 0 radical (unpaired) electrons. The maximum atomic E-state index is 13.5. The number of anilines is 1. The summed E-state index contributed by atoms with van der Waals surface area (Å²) in [7, 11) is 0. The second kappa shape index (κ2) is 7.50. The minimum Gasteiger partial charge on any atom is -0.362 e. The summed E-state index contributed by atoms with van der Waals surface area (Å²) in [6, 6.07) is 5.03. The number of hydrogen-bond donors (Lipinski definition) is 2. The van der Waals surface area contributed by atoms with E-state index < -0.39 is 0 Å². The second-order valence-electron chi connectivity index (χ2n) is 3.71. The lowest BCUT2D eigenvalue weighted by Crippen LogP contribution is -2.29. The van der Waals surface area contributed by atoms with Crippen LogP contribution in [0.2, 0.25) is 0 Å². The molecule has 1 rings (SSSR count). The van der Waals surface area contributed by atoms with E-state index in [1.165, 1.54) is 6.07 Å². The fourth-order valence-electron chi connectivity index (χ4n) is 1.31. The number of nitrogens with one attached hydrogen (secondary N) is 2. The van der Waals surface area contributed by atoms with Crippen LogP contribution in [0.25, 0.3) is 0 Å². The van der Waals surface area contributed by atoms with Crippen molar-refractivity contribution in [1.82, 2.24) is 5.32 Å². The average molecular weight is 272 g/mol. The van der Waals surface area contributed by atoms with Gasteiger partial charge in [-0.05, 0) is 55.3 Å². The highest BCUT2D eigenvalue weighted by Crippen LogP contribution is 2.14. The molecule has 0 atom stereocenters. The quantitative estimate of drug-likeness (QED) is 0.635. The van der Waals surface area contributed by atoms with Gasteiger partial charge in [-0.3, -0.25) is 0 Å². The third-order valence-electron chi connectivity index (χ3n) is 2.18. The number of hydrogen-bond acceptors (Lipinski definition) is 2. The molecule has 1 aromatic rings. The van der Waals surface area contributed by atoms with Gasteiger partial charge in [-0.2, -0.15) is 11.8 Å². The first-order valence-electron chi connectivity index (χ1n) is 5.43. The van der Waals surface area contributed by atoms with Gasteiger partial charge in [0, 0.05) is 6.54 Å². The molecule has 0 amide bonds. The first kappa shape index (κ1) is 14.3. The summed E-state index contributed by atoms with van der Waals surface area (Å²) in [4.78, 5) is 0. The van der Waals surface area contributed by atoms with Gasteiger partial charge in [0.25, 0.3) is 0 Å². The van der Waals surface area contributed by atoms with Gasteiger partial charge in [-0.15, -0.1) is 0 Å². The van der Waals surface area contributed by atoms with Gasteiger partial charge in [0.1, 0.15) is 5.82 Å². The molecule has 0 spiro atoms. The first-order chi connectivity index (χ1) is 8.13. The third kappa shape index (κ3) is 5.37. The monoisotopic (exact) mass is 272 g/mol. The number of thioether (sulfide) groups is 1. The summed E-state index contributed by atoms with van der Waals surface area (Å²) in [6.45, 7) is 2.66. The van der Waals surface area contributed by atoms with E-state index in [4.69, 9.17) is 12.2 Å². The molecule has 2 N–H and O–H groups in total. The Hall–Kier alpha value is -0.810. The molecule has 2 nitrogen and oxygen atoms in total. The summed E-state index contributed by atoms with van der Waals surface area (Å²) in [5.41, 5.74) is 1.31. The lowest BCUT2D eigenvalue weighted by Gasteiger charge is -2.11. The smallest absolute Gasteiger partial charge is 0.170 e. The van der Waals surface area contributed by atoms with Crippen molar-refractivity contribution in [1.29, 1.82) is 0 Å². The van der Waals surface area contributed by atoms with Gasteiger partial charge in [-0.1, -0.05) is 6.07 Å². The Morgan fingerprint density at radius 1 is 1.47 bits per heavy atom. The van der Waals surface area contributed by atoms with Crippen LogP contribution in [0.1, 0.15) is 12.0 Å². The van der Waals surface area contributed by atoms with Crippen molar-refractivity contribution in [2.24, 2.45) is 0 Å². The van der Waals surface area contributed by atoms with Crippen LogP contribution in [-0.4, -0.2) is 23.7 Å². The van der Waals surface area contributed by atoms with Gasteiger partial charge in [-0.25, -0.2) is 4.39 Å². The van der Waals surface area contributed by atoms with Crippen molar-refractivity contribution >= 4 is 34.8 Å². The lowest BCUT2D eigenvalue weighted by atomic mass is 10.2. The molecule has 17 heavy (non-hydrogen) atoms. The molecule has 0 bridgehead atoms. The maximum Gasteiger partial charge on any atom is 0.170 e. The Balaban J connectivity index is 2.40. The summed E-state index contributed by atoms with van der Waals surface area (Å²) >= 11 is 6.88. The Bertz CT molecular complexity index is 383. The highest BCUT2D eigenvalue weighted by molar-refractivity contribution is 7.98. The van der Waals surface area contributed by atoms with E-state index in [-0.39, 0.29) is 5.82 Å². The van der Waals surface area contributed by atoms with Crippen LogP contribution in [0.4, 0.5) is 10.1 Å². The average Bonchev–Trinajstić information content (AvgIpc) is 2.28. The van der Waals surface area contributed by atoms with Crippen LogP contribution in [0.3, 0.4) is 0 Å². The Morgan fingerprint density at radius 3 is 2.88 bits per heavy atom. The van der Waals surface area contributed by atoms with Crippen molar-refractivity contribution in [2.45, 2.75) is 13.3 Å². The predicted octanol–water partition coefficient (Wildman–Crippen LogP) is 3.17. The van der Waals surface area contributed by atoms with E-state index in [2.05, 4.69) is 16.9 Å². The molecule has 0 heterocycles. The van der Waals surface area contributed by atoms with Gasteiger partial charge in [0.05, 0.1) is 5.69 Å². The fourth-order valence-corrected chi connectivity index (χ4v) is 1.95.